The van der Waals surface area contributed by atoms with Crippen LogP contribution in [0.2, 0.25) is 0 Å². The lowest BCUT2D eigenvalue weighted by molar-refractivity contribution is -0.387. The molecule has 0 heterocycles. The van der Waals surface area contributed by atoms with E-state index in [4.69, 9.17) is 4.74 Å². The fraction of sp³-hybridized carbons (Fsp3) is 0.0500. The molecule has 0 bridgehead atoms. The molecular formula is C20H15FN2O4. The van der Waals surface area contributed by atoms with Crippen molar-refractivity contribution in [3.05, 3.63) is 99.9 Å². The van der Waals surface area contributed by atoms with Crippen LogP contribution in [0.15, 0.2) is 72.8 Å². The Bertz CT molecular complexity index is 959. The monoisotopic (exact) mass is 366 g/mol. The lowest BCUT2D eigenvalue weighted by atomic mass is 10.2. The molecule has 1 N–H and O–H groups in total. The van der Waals surface area contributed by atoms with Crippen LogP contribution in [0.25, 0.3) is 0 Å². The molecule has 27 heavy (non-hydrogen) atoms. The first kappa shape index (κ1) is 18.1. The number of rotatable bonds is 6. The summed E-state index contributed by atoms with van der Waals surface area (Å²) in [5.41, 5.74) is 0.807. The Morgan fingerprint density at radius 3 is 2.41 bits per heavy atom. The Balaban J connectivity index is 1.64. The van der Waals surface area contributed by atoms with Crippen LogP contribution in [-0.4, -0.2) is 10.8 Å². The molecular weight excluding hydrogens is 351 g/mol. The Hall–Kier alpha value is -3.74. The maximum atomic E-state index is 13.4. The molecule has 0 fully saturated rings. The molecule has 1 amide bonds. The van der Waals surface area contributed by atoms with Crippen LogP contribution in [0, 0.1) is 15.9 Å². The number of hydrogen-bond donors (Lipinski definition) is 1. The van der Waals surface area contributed by atoms with Gasteiger partial charge in [-0.2, -0.15) is 4.39 Å². The highest BCUT2D eigenvalue weighted by Crippen LogP contribution is 2.22. The van der Waals surface area contributed by atoms with Crippen LogP contribution >= 0.6 is 0 Å². The summed E-state index contributed by atoms with van der Waals surface area (Å²) < 4.78 is 19.0. The molecule has 0 aliphatic rings. The van der Waals surface area contributed by atoms with Gasteiger partial charge in [0.25, 0.3) is 5.91 Å². The minimum Gasteiger partial charge on any atom is -0.489 e. The van der Waals surface area contributed by atoms with E-state index in [1.165, 1.54) is 6.07 Å². The minimum absolute atomic E-state index is 0.137. The zero-order chi connectivity index (χ0) is 19.2. The third-order valence-electron chi connectivity index (χ3n) is 3.77. The van der Waals surface area contributed by atoms with Crippen molar-refractivity contribution in [1.29, 1.82) is 0 Å². The van der Waals surface area contributed by atoms with Crippen molar-refractivity contribution in [2.24, 2.45) is 0 Å². The summed E-state index contributed by atoms with van der Waals surface area (Å²) in [7, 11) is 0. The van der Waals surface area contributed by atoms with Crippen molar-refractivity contribution in [2.75, 3.05) is 5.32 Å². The molecule has 0 aliphatic carbocycles. The SMILES string of the molecule is O=C(Nc1ccc(F)c([N+](=O)[O-])c1)c1ccc(OCc2ccccc2)cc1. The smallest absolute Gasteiger partial charge is 0.306 e. The van der Waals surface area contributed by atoms with Gasteiger partial charge in [0.15, 0.2) is 0 Å². The van der Waals surface area contributed by atoms with Gasteiger partial charge in [-0.1, -0.05) is 30.3 Å². The van der Waals surface area contributed by atoms with Gasteiger partial charge in [-0.05, 0) is 42.0 Å². The molecule has 0 saturated heterocycles. The van der Waals surface area contributed by atoms with Gasteiger partial charge in [0.2, 0.25) is 5.82 Å². The fourth-order valence-corrected chi connectivity index (χ4v) is 2.38. The zero-order valence-electron chi connectivity index (χ0n) is 14.1. The first-order chi connectivity index (χ1) is 13.0. The molecule has 0 spiro atoms. The quantitative estimate of drug-likeness (QED) is 0.512. The number of nitro groups is 1. The van der Waals surface area contributed by atoms with E-state index in [0.29, 0.717) is 17.9 Å². The van der Waals surface area contributed by atoms with Crippen molar-refractivity contribution in [1.82, 2.24) is 0 Å². The number of hydrogen-bond acceptors (Lipinski definition) is 4. The summed E-state index contributed by atoms with van der Waals surface area (Å²) in [5.74, 6) is -0.823. The molecule has 136 valence electrons. The maximum Gasteiger partial charge on any atom is 0.306 e. The fourth-order valence-electron chi connectivity index (χ4n) is 2.38. The Labute approximate surface area is 154 Å². The number of anilines is 1. The topological polar surface area (TPSA) is 81.5 Å². The van der Waals surface area contributed by atoms with Crippen molar-refractivity contribution >= 4 is 17.3 Å². The number of nitrogens with zero attached hydrogens (tertiary/aromatic N) is 1. The second-order valence-electron chi connectivity index (χ2n) is 5.68. The van der Waals surface area contributed by atoms with E-state index < -0.39 is 22.3 Å². The highest BCUT2D eigenvalue weighted by atomic mass is 19.1. The number of carbonyl (C=O) groups is 1. The number of ether oxygens (including phenoxy) is 1. The highest BCUT2D eigenvalue weighted by molar-refractivity contribution is 6.04. The number of nitrogens with one attached hydrogen (secondary N) is 1. The van der Waals surface area contributed by atoms with Crippen LogP contribution < -0.4 is 10.1 Å². The highest BCUT2D eigenvalue weighted by Gasteiger charge is 2.15. The number of halogens is 1. The zero-order valence-corrected chi connectivity index (χ0v) is 14.1. The second kappa shape index (κ2) is 8.09. The molecule has 0 aromatic heterocycles. The summed E-state index contributed by atoms with van der Waals surface area (Å²) in [4.78, 5) is 22.2. The van der Waals surface area contributed by atoms with Gasteiger partial charge in [-0.3, -0.25) is 14.9 Å². The first-order valence-electron chi connectivity index (χ1n) is 8.05. The van der Waals surface area contributed by atoms with Crippen LogP contribution in [-0.2, 0) is 6.61 Å². The van der Waals surface area contributed by atoms with Crippen molar-refractivity contribution < 1.29 is 18.8 Å². The number of nitro benzene ring substituents is 1. The van der Waals surface area contributed by atoms with Crippen LogP contribution in [0.1, 0.15) is 15.9 Å². The summed E-state index contributed by atoms with van der Waals surface area (Å²) in [6, 6.07) is 19.3. The molecule has 0 atom stereocenters. The van der Waals surface area contributed by atoms with Crippen molar-refractivity contribution in [3.63, 3.8) is 0 Å². The molecule has 3 aromatic rings. The number of carbonyl (C=O) groups excluding carboxylic acids is 1. The summed E-state index contributed by atoms with van der Waals surface area (Å²) in [6.45, 7) is 0.408. The van der Waals surface area contributed by atoms with Crippen LogP contribution in [0.3, 0.4) is 0 Å². The molecule has 0 aliphatic heterocycles. The van der Waals surface area contributed by atoms with Gasteiger partial charge in [-0.15, -0.1) is 0 Å². The second-order valence-corrected chi connectivity index (χ2v) is 5.68. The molecule has 0 unspecified atom stereocenters. The third-order valence-corrected chi connectivity index (χ3v) is 3.77. The molecule has 3 aromatic carbocycles. The van der Waals surface area contributed by atoms with Gasteiger partial charge in [0.1, 0.15) is 12.4 Å². The largest absolute Gasteiger partial charge is 0.489 e. The third kappa shape index (κ3) is 4.66. The van der Waals surface area contributed by atoms with E-state index in [9.17, 15) is 19.3 Å². The standard InChI is InChI=1S/C20H15FN2O4/c21-18-11-8-16(12-19(18)23(25)26)22-20(24)15-6-9-17(10-7-15)27-13-14-4-2-1-3-5-14/h1-12H,13H2,(H,22,24). The number of benzene rings is 3. The Morgan fingerprint density at radius 2 is 1.74 bits per heavy atom. The summed E-state index contributed by atoms with van der Waals surface area (Å²) >= 11 is 0. The van der Waals surface area contributed by atoms with Crippen LogP contribution in [0.5, 0.6) is 5.75 Å². The van der Waals surface area contributed by atoms with E-state index in [0.717, 1.165) is 17.7 Å². The van der Waals surface area contributed by atoms with Gasteiger partial charge in [0, 0.05) is 17.3 Å². The van der Waals surface area contributed by atoms with E-state index in [-0.39, 0.29) is 5.69 Å². The lowest BCUT2D eigenvalue weighted by Crippen LogP contribution is -2.12. The predicted molar refractivity (Wildman–Crippen MR) is 98.2 cm³/mol. The molecule has 6 nitrogen and oxygen atoms in total. The minimum atomic E-state index is -0.960. The first-order valence-corrected chi connectivity index (χ1v) is 8.05. The maximum absolute atomic E-state index is 13.4. The summed E-state index contributed by atoms with van der Waals surface area (Å²) in [5, 5.41) is 13.3. The molecule has 0 radical (unpaired) electrons. The average Bonchev–Trinajstić information content (AvgIpc) is 2.69. The molecule has 0 saturated carbocycles. The van der Waals surface area contributed by atoms with Gasteiger partial charge in [-0.25, -0.2) is 0 Å². The Morgan fingerprint density at radius 1 is 1.04 bits per heavy atom. The van der Waals surface area contributed by atoms with Crippen molar-refractivity contribution in [3.8, 4) is 5.75 Å². The van der Waals surface area contributed by atoms with E-state index in [1.807, 2.05) is 30.3 Å². The van der Waals surface area contributed by atoms with E-state index in [1.54, 1.807) is 24.3 Å². The van der Waals surface area contributed by atoms with Crippen molar-refractivity contribution in [2.45, 2.75) is 6.61 Å². The molecule has 3 rings (SSSR count). The van der Waals surface area contributed by atoms with Gasteiger partial charge < -0.3 is 10.1 Å². The molecule has 7 heteroatoms. The lowest BCUT2D eigenvalue weighted by Gasteiger charge is -2.08. The predicted octanol–water partition coefficient (Wildman–Crippen LogP) is 4.57. The summed E-state index contributed by atoms with van der Waals surface area (Å²) in [6.07, 6.45) is 0. The van der Waals surface area contributed by atoms with Gasteiger partial charge in [0.05, 0.1) is 4.92 Å². The normalized spacial score (nSPS) is 10.3. The number of amides is 1. The van der Waals surface area contributed by atoms with Crippen LogP contribution in [0.4, 0.5) is 15.8 Å². The Kier molecular flexibility index (Phi) is 5.41. The average molecular weight is 366 g/mol. The van der Waals surface area contributed by atoms with Gasteiger partial charge >= 0.3 is 5.69 Å². The van der Waals surface area contributed by atoms with E-state index >= 15 is 0 Å². The van der Waals surface area contributed by atoms with E-state index in [2.05, 4.69) is 5.32 Å².